The molecular weight excluding hydrogens is 179 g/mol. The van der Waals surface area contributed by atoms with Crippen molar-refractivity contribution in [2.45, 2.75) is 19.8 Å². The quantitative estimate of drug-likeness (QED) is 0.661. The highest BCUT2D eigenvalue weighted by Gasteiger charge is 1.96. The molecule has 0 amide bonds. The summed E-state index contributed by atoms with van der Waals surface area (Å²) in [5.74, 6) is 0. The Hall–Kier alpha value is -0.550. The lowest BCUT2D eigenvalue weighted by Gasteiger charge is -2.00. The van der Waals surface area contributed by atoms with Crippen LogP contribution in [0.1, 0.15) is 18.9 Å². The van der Waals surface area contributed by atoms with E-state index < -0.39 is 7.80 Å². The van der Waals surface area contributed by atoms with Gasteiger partial charge in [-0.25, -0.2) is 0 Å². The van der Waals surface area contributed by atoms with Crippen molar-refractivity contribution < 1.29 is 4.57 Å². The van der Waals surface area contributed by atoms with Crippen LogP contribution in [0, 0.1) is 0 Å². The van der Waals surface area contributed by atoms with Gasteiger partial charge in [0, 0.05) is 0 Å². The minimum absolute atomic E-state index is 0.861. The number of benzene rings is 1. The van der Waals surface area contributed by atoms with Crippen molar-refractivity contribution in [3.63, 3.8) is 0 Å². The van der Waals surface area contributed by atoms with Crippen molar-refractivity contribution in [2.75, 3.05) is 12.3 Å². The Morgan fingerprint density at radius 2 is 1.92 bits per heavy atom. The zero-order valence-electron chi connectivity index (χ0n) is 8.12. The fourth-order valence-electron chi connectivity index (χ4n) is 1.31. The molecule has 13 heavy (non-hydrogen) atoms. The fourth-order valence-corrected chi connectivity index (χ4v) is 2.24. The monoisotopic (exact) mass is 196 g/mol. The predicted octanol–water partition coefficient (Wildman–Crippen LogP) is 3.20. The summed E-state index contributed by atoms with van der Waals surface area (Å²) < 4.78 is 11.2. The molecule has 72 valence electrons. The van der Waals surface area contributed by atoms with Crippen LogP contribution in [0.5, 0.6) is 0 Å². The molecule has 1 atom stereocenters. The zero-order valence-corrected chi connectivity index (χ0v) is 9.12. The summed E-state index contributed by atoms with van der Waals surface area (Å²) in [6.07, 6.45) is 3.91. The summed E-state index contributed by atoms with van der Waals surface area (Å²) in [7, 11) is -1.25. The van der Waals surface area contributed by atoms with Gasteiger partial charge >= 0.3 is 0 Å². The van der Waals surface area contributed by atoms with E-state index in [1.54, 1.807) is 0 Å². The number of hydrogen-bond donors (Lipinski definition) is 0. The van der Waals surface area contributed by atoms with Crippen molar-refractivity contribution in [2.24, 2.45) is 0 Å². The molecule has 0 aliphatic rings. The van der Waals surface area contributed by atoms with Crippen molar-refractivity contribution in [3.05, 3.63) is 35.9 Å². The molecule has 1 aromatic carbocycles. The standard InChI is InChI=1S/C11H17OP/c1-2-13(12)10-6-9-11-7-4-3-5-8-11/h3-5,7-8,13H,2,6,9-10H2,1H3. The van der Waals surface area contributed by atoms with Gasteiger partial charge in [-0.05, 0) is 30.7 Å². The van der Waals surface area contributed by atoms with Crippen LogP contribution in [0.25, 0.3) is 0 Å². The molecule has 0 heterocycles. The van der Waals surface area contributed by atoms with Crippen molar-refractivity contribution in [3.8, 4) is 0 Å². The van der Waals surface area contributed by atoms with Gasteiger partial charge in [0.1, 0.15) is 0 Å². The van der Waals surface area contributed by atoms with Crippen LogP contribution in [0.4, 0.5) is 0 Å². The third kappa shape index (κ3) is 4.28. The smallest absolute Gasteiger partial charge is 0.0759 e. The summed E-state index contributed by atoms with van der Waals surface area (Å²) in [6.45, 7) is 2.00. The van der Waals surface area contributed by atoms with Crippen molar-refractivity contribution in [1.82, 2.24) is 0 Å². The maximum Gasteiger partial charge on any atom is 0.0759 e. The van der Waals surface area contributed by atoms with E-state index in [1.165, 1.54) is 5.56 Å². The minimum Gasteiger partial charge on any atom is -0.327 e. The van der Waals surface area contributed by atoms with Crippen molar-refractivity contribution >= 4 is 7.80 Å². The highest BCUT2D eigenvalue weighted by Crippen LogP contribution is 2.20. The van der Waals surface area contributed by atoms with Crippen LogP contribution in [-0.2, 0) is 11.0 Å². The van der Waals surface area contributed by atoms with Gasteiger partial charge in [-0.2, -0.15) is 0 Å². The lowest BCUT2D eigenvalue weighted by atomic mass is 10.1. The molecule has 0 aliphatic heterocycles. The minimum atomic E-state index is -1.25. The Bertz CT molecular complexity index is 256. The van der Waals surface area contributed by atoms with Crippen LogP contribution in [0.2, 0.25) is 0 Å². The summed E-state index contributed by atoms with van der Waals surface area (Å²) in [5.41, 5.74) is 1.36. The molecule has 1 aromatic rings. The van der Waals surface area contributed by atoms with Crippen LogP contribution in [0.15, 0.2) is 30.3 Å². The molecule has 1 unspecified atom stereocenters. The Morgan fingerprint density at radius 3 is 2.54 bits per heavy atom. The van der Waals surface area contributed by atoms with Crippen molar-refractivity contribution in [1.29, 1.82) is 0 Å². The first-order chi connectivity index (χ1) is 6.33. The average Bonchev–Trinajstić information content (AvgIpc) is 2.19. The molecule has 1 nitrogen and oxygen atoms in total. The second-order valence-corrected chi connectivity index (χ2v) is 5.52. The van der Waals surface area contributed by atoms with Crippen LogP contribution >= 0.6 is 7.80 Å². The molecule has 0 N–H and O–H groups in total. The molecule has 0 bridgehead atoms. The lowest BCUT2D eigenvalue weighted by Crippen LogP contribution is -1.87. The Labute approximate surface area is 81.0 Å². The highest BCUT2D eigenvalue weighted by atomic mass is 31.1. The number of aryl methyl sites for hydroxylation is 1. The molecule has 0 spiro atoms. The first kappa shape index (κ1) is 10.5. The van der Waals surface area contributed by atoms with E-state index >= 15 is 0 Å². The molecule has 2 heteroatoms. The summed E-state index contributed by atoms with van der Waals surface area (Å²) in [4.78, 5) is 0. The fraction of sp³-hybridized carbons (Fsp3) is 0.455. The first-order valence-corrected chi connectivity index (χ1v) is 6.71. The first-order valence-electron chi connectivity index (χ1n) is 4.88. The van der Waals surface area contributed by atoms with Gasteiger partial charge in [-0.3, -0.25) is 0 Å². The van der Waals surface area contributed by atoms with E-state index in [-0.39, 0.29) is 0 Å². The Balaban J connectivity index is 2.24. The largest absolute Gasteiger partial charge is 0.327 e. The molecule has 0 aliphatic carbocycles. The van der Waals surface area contributed by atoms with Crippen LogP contribution in [-0.4, -0.2) is 12.3 Å². The van der Waals surface area contributed by atoms with Crippen LogP contribution in [0.3, 0.4) is 0 Å². The summed E-state index contributed by atoms with van der Waals surface area (Å²) >= 11 is 0. The summed E-state index contributed by atoms with van der Waals surface area (Å²) in [5, 5.41) is 0. The van der Waals surface area contributed by atoms with E-state index in [0.717, 1.165) is 25.2 Å². The van der Waals surface area contributed by atoms with Gasteiger partial charge in [0.25, 0.3) is 0 Å². The second-order valence-electron chi connectivity index (χ2n) is 3.23. The average molecular weight is 196 g/mol. The van der Waals surface area contributed by atoms with E-state index in [1.807, 2.05) is 13.0 Å². The highest BCUT2D eigenvalue weighted by molar-refractivity contribution is 7.44. The zero-order chi connectivity index (χ0) is 9.52. The molecule has 1 rings (SSSR count). The van der Waals surface area contributed by atoms with Gasteiger partial charge in [0.2, 0.25) is 0 Å². The summed E-state index contributed by atoms with van der Waals surface area (Å²) in [6, 6.07) is 10.4. The number of rotatable bonds is 5. The maximum atomic E-state index is 11.2. The molecular formula is C11H17OP. The van der Waals surface area contributed by atoms with Gasteiger partial charge < -0.3 is 4.57 Å². The maximum absolute atomic E-state index is 11.2. The molecule has 0 fully saturated rings. The van der Waals surface area contributed by atoms with Gasteiger partial charge in [-0.1, -0.05) is 37.3 Å². The Morgan fingerprint density at radius 1 is 1.23 bits per heavy atom. The lowest BCUT2D eigenvalue weighted by molar-refractivity contribution is 0.587. The van der Waals surface area contributed by atoms with Gasteiger partial charge in [0.05, 0.1) is 7.80 Å². The van der Waals surface area contributed by atoms with Gasteiger partial charge in [-0.15, -0.1) is 0 Å². The second kappa shape index (κ2) is 5.99. The van der Waals surface area contributed by atoms with E-state index in [0.29, 0.717) is 0 Å². The van der Waals surface area contributed by atoms with E-state index in [4.69, 9.17) is 0 Å². The molecule has 0 saturated heterocycles. The SMILES string of the molecule is CC[PH](=O)CCCc1ccccc1. The van der Waals surface area contributed by atoms with E-state index in [9.17, 15) is 4.57 Å². The molecule has 0 saturated carbocycles. The van der Waals surface area contributed by atoms with Crippen LogP contribution < -0.4 is 0 Å². The van der Waals surface area contributed by atoms with Gasteiger partial charge in [0.15, 0.2) is 0 Å². The third-order valence-electron chi connectivity index (χ3n) is 2.16. The Kier molecular flexibility index (Phi) is 4.85. The normalized spacial score (nSPS) is 12.7. The number of hydrogen-bond acceptors (Lipinski definition) is 1. The molecule has 0 radical (unpaired) electrons. The predicted molar refractivity (Wildman–Crippen MR) is 59.2 cm³/mol. The van der Waals surface area contributed by atoms with E-state index in [2.05, 4.69) is 24.3 Å². The topological polar surface area (TPSA) is 17.1 Å². The third-order valence-corrected chi connectivity index (χ3v) is 3.86. The molecule has 0 aromatic heterocycles.